The zero-order valence-corrected chi connectivity index (χ0v) is 12.8. The Morgan fingerprint density at radius 2 is 1.90 bits per heavy atom. The Balaban J connectivity index is 1.61. The van der Waals surface area contributed by atoms with E-state index in [1.54, 1.807) is 0 Å². The molecule has 4 saturated carbocycles. The second-order valence-electron chi connectivity index (χ2n) is 8.98. The van der Waals surface area contributed by atoms with Gasteiger partial charge < -0.3 is 10.1 Å². The maximum atomic E-state index is 10.6. The smallest absolute Gasteiger partial charge is 0.0942 e. The molecular weight excluding hydrogens is 246 g/mol. The molecule has 4 aliphatic carbocycles. The van der Waals surface area contributed by atoms with Crippen LogP contribution in [0.5, 0.6) is 0 Å². The van der Waals surface area contributed by atoms with Crippen LogP contribution in [0.15, 0.2) is 18.3 Å². The lowest BCUT2D eigenvalue weighted by Gasteiger charge is -2.66. The SMILES string of the molecule is CC12CC3CC(C)(C1)CC(CC(O)c1ccc[nH]1)(C3)C2. The highest BCUT2D eigenvalue weighted by Gasteiger charge is 2.60. The molecule has 5 rings (SSSR count). The first-order chi connectivity index (χ1) is 9.40. The Morgan fingerprint density at radius 3 is 2.45 bits per heavy atom. The summed E-state index contributed by atoms with van der Waals surface area (Å²) in [6, 6.07) is 4.01. The molecule has 4 fully saturated rings. The van der Waals surface area contributed by atoms with Gasteiger partial charge in [0.25, 0.3) is 0 Å². The fraction of sp³-hybridized carbons (Fsp3) is 0.778. The summed E-state index contributed by atoms with van der Waals surface area (Å²) in [6.45, 7) is 5.01. The highest BCUT2D eigenvalue weighted by molar-refractivity contribution is 5.13. The van der Waals surface area contributed by atoms with Crippen LogP contribution in [0.25, 0.3) is 0 Å². The third kappa shape index (κ3) is 1.95. The second kappa shape index (κ2) is 3.91. The molecule has 3 atom stereocenters. The zero-order chi connectivity index (χ0) is 14.0. The van der Waals surface area contributed by atoms with Crippen molar-refractivity contribution in [1.82, 2.24) is 4.98 Å². The maximum absolute atomic E-state index is 10.6. The summed E-state index contributed by atoms with van der Waals surface area (Å²) in [4.78, 5) is 3.19. The predicted octanol–water partition coefficient (Wildman–Crippen LogP) is 4.43. The van der Waals surface area contributed by atoms with Crippen LogP contribution >= 0.6 is 0 Å². The molecule has 0 saturated heterocycles. The van der Waals surface area contributed by atoms with E-state index in [1.807, 2.05) is 18.3 Å². The van der Waals surface area contributed by atoms with Gasteiger partial charge in [-0.2, -0.15) is 0 Å². The van der Waals surface area contributed by atoms with Crippen LogP contribution in [0.3, 0.4) is 0 Å². The van der Waals surface area contributed by atoms with Crippen molar-refractivity contribution >= 4 is 0 Å². The number of H-pyrrole nitrogens is 1. The average Bonchev–Trinajstić information content (AvgIpc) is 2.75. The molecule has 2 N–H and O–H groups in total. The molecule has 1 aromatic rings. The third-order valence-electron chi connectivity index (χ3n) is 6.35. The Labute approximate surface area is 122 Å². The van der Waals surface area contributed by atoms with E-state index in [2.05, 4.69) is 18.8 Å². The monoisotopic (exact) mass is 273 g/mol. The summed E-state index contributed by atoms with van der Waals surface area (Å²) in [5.74, 6) is 0.914. The minimum Gasteiger partial charge on any atom is -0.387 e. The molecular formula is C18H27NO. The summed E-state index contributed by atoms with van der Waals surface area (Å²) in [5.41, 5.74) is 2.48. The van der Waals surface area contributed by atoms with E-state index in [4.69, 9.17) is 0 Å². The van der Waals surface area contributed by atoms with Gasteiger partial charge in [-0.1, -0.05) is 13.8 Å². The molecule has 2 heteroatoms. The van der Waals surface area contributed by atoms with Gasteiger partial charge in [-0.15, -0.1) is 0 Å². The minimum atomic E-state index is -0.312. The van der Waals surface area contributed by atoms with E-state index >= 15 is 0 Å². The van der Waals surface area contributed by atoms with Gasteiger partial charge in [0.05, 0.1) is 6.10 Å². The van der Waals surface area contributed by atoms with Crippen LogP contribution in [0.2, 0.25) is 0 Å². The van der Waals surface area contributed by atoms with Gasteiger partial charge in [-0.25, -0.2) is 0 Å². The number of nitrogens with one attached hydrogen (secondary N) is 1. The van der Waals surface area contributed by atoms with Crippen molar-refractivity contribution in [2.45, 2.75) is 64.9 Å². The predicted molar refractivity (Wildman–Crippen MR) is 80.2 cm³/mol. The quantitative estimate of drug-likeness (QED) is 0.839. The normalized spacial score (nSPS) is 47.6. The van der Waals surface area contributed by atoms with Crippen LogP contribution in [0.1, 0.15) is 70.6 Å². The topological polar surface area (TPSA) is 36.0 Å². The number of rotatable bonds is 3. The standard InChI is InChI=1S/C18H27NO/c1-16-6-13-7-17(2,10-16)12-18(8-13,11-16)9-15(20)14-4-3-5-19-14/h3-5,13,15,19-20H,6-12H2,1-2H3. The van der Waals surface area contributed by atoms with E-state index < -0.39 is 0 Å². The summed E-state index contributed by atoms with van der Waals surface area (Å²) >= 11 is 0. The van der Waals surface area contributed by atoms with E-state index in [1.165, 1.54) is 38.5 Å². The second-order valence-corrected chi connectivity index (χ2v) is 8.98. The molecule has 0 radical (unpaired) electrons. The van der Waals surface area contributed by atoms with Crippen LogP contribution < -0.4 is 0 Å². The van der Waals surface area contributed by atoms with E-state index in [9.17, 15) is 5.11 Å². The summed E-state index contributed by atoms with van der Waals surface area (Å²) in [7, 11) is 0. The first kappa shape index (κ1) is 12.9. The van der Waals surface area contributed by atoms with E-state index in [0.717, 1.165) is 18.0 Å². The van der Waals surface area contributed by atoms with E-state index in [-0.39, 0.29) is 6.10 Å². The number of hydrogen-bond acceptors (Lipinski definition) is 1. The molecule has 1 aromatic heterocycles. The maximum Gasteiger partial charge on any atom is 0.0942 e. The molecule has 0 spiro atoms. The van der Waals surface area contributed by atoms with Gasteiger partial charge in [0.1, 0.15) is 0 Å². The van der Waals surface area contributed by atoms with Gasteiger partial charge >= 0.3 is 0 Å². The lowest BCUT2D eigenvalue weighted by molar-refractivity contribution is -0.157. The first-order valence-corrected chi connectivity index (χ1v) is 8.21. The molecule has 2 nitrogen and oxygen atoms in total. The van der Waals surface area contributed by atoms with Gasteiger partial charge in [0.2, 0.25) is 0 Å². The molecule has 3 unspecified atom stereocenters. The van der Waals surface area contributed by atoms with Gasteiger partial charge in [0.15, 0.2) is 0 Å². The van der Waals surface area contributed by atoms with E-state index in [0.29, 0.717) is 16.2 Å². The fourth-order valence-corrected chi connectivity index (χ4v) is 6.98. The van der Waals surface area contributed by atoms with Crippen molar-refractivity contribution < 1.29 is 5.11 Å². The summed E-state index contributed by atoms with van der Waals surface area (Å²) < 4.78 is 0. The van der Waals surface area contributed by atoms with Crippen molar-refractivity contribution in [1.29, 1.82) is 0 Å². The molecule has 20 heavy (non-hydrogen) atoms. The minimum absolute atomic E-state index is 0.312. The van der Waals surface area contributed by atoms with Crippen molar-refractivity contribution in [3.8, 4) is 0 Å². The molecule has 110 valence electrons. The average molecular weight is 273 g/mol. The third-order valence-corrected chi connectivity index (χ3v) is 6.35. The van der Waals surface area contributed by atoms with Crippen LogP contribution in [-0.4, -0.2) is 10.1 Å². The number of aromatic amines is 1. The Hall–Kier alpha value is -0.760. The Morgan fingerprint density at radius 1 is 1.20 bits per heavy atom. The van der Waals surface area contributed by atoms with Gasteiger partial charge in [-0.05, 0) is 79.2 Å². The van der Waals surface area contributed by atoms with Crippen LogP contribution in [0, 0.1) is 22.2 Å². The molecule has 1 heterocycles. The fourth-order valence-electron chi connectivity index (χ4n) is 6.98. The Kier molecular flexibility index (Phi) is 2.53. The van der Waals surface area contributed by atoms with Gasteiger partial charge in [0, 0.05) is 11.9 Å². The molecule has 4 bridgehead atoms. The highest BCUT2D eigenvalue weighted by atomic mass is 16.3. The summed E-state index contributed by atoms with van der Waals surface area (Å²) in [6.07, 6.45) is 10.9. The Bertz CT molecular complexity index is 487. The van der Waals surface area contributed by atoms with Crippen molar-refractivity contribution in [2.24, 2.45) is 22.2 Å². The molecule has 4 aliphatic rings. The van der Waals surface area contributed by atoms with Crippen molar-refractivity contribution in [2.75, 3.05) is 0 Å². The number of aliphatic hydroxyl groups is 1. The largest absolute Gasteiger partial charge is 0.387 e. The molecule has 0 aromatic carbocycles. The zero-order valence-electron chi connectivity index (χ0n) is 12.8. The van der Waals surface area contributed by atoms with Crippen molar-refractivity contribution in [3.05, 3.63) is 24.0 Å². The lowest BCUT2D eigenvalue weighted by atomic mass is 9.39. The molecule has 0 aliphatic heterocycles. The summed E-state index contributed by atoms with van der Waals surface area (Å²) in [5, 5.41) is 10.6. The first-order valence-electron chi connectivity index (χ1n) is 8.21. The van der Waals surface area contributed by atoms with Crippen molar-refractivity contribution in [3.63, 3.8) is 0 Å². The van der Waals surface area contributed by atoms with Crippen LogP contribution in [-0.2, 0) is 0 Å². The number of hydrogen-bond donors (Lipinski definition) is 2. The highest BCUT2D eigenvalue weighted by Crippen LogP contribution is 2.71. The number of aliphatic hydroxyl groups excluding tert-OH is 1. The lowest BCUT2D eigenvalue weighted by Crippen LogP contribution is -2.55. The number of aromatic nitrogens is 1. The molecule has 0 amide bonds. The van der Waals surface area contributed by atoms with Gasteiger partial charge in [-0.3, -0.25) is 0 Å². The van der Waals surface area contributed by atoms with Crippen LogP contribution in [0.4, 0.5) is 0 Å².